The van der Waals surface area contributed by atoms with Gasteiger partial charge in [-0.25, -0.2) is 9.78 Å². The first-order valence-electron chi connectivity index (χ1n) is 16.3. The minimum Gasteiger partial charge on any atom is -0.405 e. The smallest absolute Gasteiger partial charge is 0.405 e. The number of ether oxygens (including phenoxy) is 1. The maximum Gasteiger partial charge on any atom is 0.573 e. The lowest BCUT2D eigenvalue weighted by atomic mass is 9.84. The lowest BCUT2D eigenvalue weighted by Gasteiger charge is -2.26. The van der Waals surface area contributed by atoms with Gasteiger partial charge >= 0.3 is 12.4 Å². The summed E-state index contributed by atoms with van der Waals surface area (Å²) in [7, 11) is 0. The maximum atomic E-state index is 14.1. The van der Waals surface area contributed by atoms with Gasteiger partial charge in [-0.2, -0.15) is 5.21 Å². The summed E-state index contributed by atoms with van der Waals surface area (Å²) < 4.78 is 45.4. The number of halogens is 3. The Kier molecular flexibility index (Phi) is 9.61. The monoisotopic (exact) mass is 712 g/mol. The summed E-state index contributed by atoms with van der Waals surface area (Å²) >= 11 is 1.22. The SMILES string of the molecule is O=C(Nc1nn[nH]n1)c1ccc(CN(C(=O)Nc2ccc(OC(F)(F)F)c(-c3nc4ccccc4s3)c2)c2ccc(C3CCCCC3)cc2)cc1. The molecule has 0 aliphatic heterocycles. The summed E-state index contributed by atoms with van der Waals surface area (Å²) in [6.07, 6.45) is 0.943. The average molecular weight is 713 g/mol. The summed E-state index contributed by atoms with van der Waals surface area (Å²) in [4.78, 5) is 32.8. The Morgan fingerprint density at radius 3 is 2.39 bits per heavy atom. The van der Waals surface area contributed by atoms with Crippen LogP contribution in [-0.4, -0.2) is 43.9 Å². The molecular weight excluding hydrogens is 682 g/mol. The Morgan fingerprint density at radius 2 is 1.69 bits per heavy atom. The van der Waals surface area contributed by atoms with Crippen LogP contribution in [-0.2, 0) is 6.54 Å². The molecule has 11 nitrogen and oxygen atoms in total. The number of hydrogen-bond donors (Lipinski definition) is 3. The molecule has 0 atom stereocenters. The average Bonchev–Trinajstić information content (AvgIpc) is 3.81. The van der Waals surface area contributed by atoms with E-state index in [0.717, 1.165) is 23.1 Å². The Morgan fingerprint density at radius 1 is 0.922 bits per heavy atom. The van der Waals surface area contributed by atoms with Crippen molar-refractivity contribution in [2.75, 3.05) is 15.5 Å². The zero-order valence-electron chi connectivity index (χ0n) is 27.0. The number of nitrogens with one attached hydrogen (secondary N) is 3. The maximum absolute atomic E-state index is 14.1. The number of carbonyl (C=O) groups is 2. The first-order chi connectivity index (χ1) is 24.7. The number of fused-ring (bicyclic) bond motifs is 1. The van der Waals surface area contributed by atoms with Gasteiger partial charge in [0.25, 0.3) is 11.9 Å². The molecule has 0 unspecified atom stereocenters. The molecule has 3 N–H and O–H groups in total. The summed E-state index contributed by atoms with van der Waals surface area (Å²) in [5.41, 5.74) is 3.88. The third kappa shape index (κ3) is 8.15. The fourth-order valence-corrected chi connectivity index (χ4v) is 7.13. The number of alkyl halides is 3. The van der Waals surface area contributed by atoms with Gasteiger partial charge in [0.2, 0.25) is 0 Å². The number of amides is 3. The molecule has 4 aromatic carbocycles. The van der Waals surface area contributed by atoms with E-state index in [0.29, 0.717) is 27.7 Å². The van der Waals surface area contributed by atoms with Crippen LogP contribution in [0.15, 0.2) is 91.0 Å². The summed E-state index contributed by atoms with van der Waals surface area (Å²) in [6, 6.07) is 25.3. The second-order valence-corrected chi connectivity index (χ2v) is 13.1. The van der Waals surface area contributed by atoms with Crippen molar-refractivity contribution in [3.63, 3.8) is 0 Å². The summed E-state index contributed by atoms with van der Waals surface area (Å²) in [6.45, 7) is 0.126. The van der Waals surface area contributed by atoms with E-state index in [9.17, 15) is 22.8 Å². The second kappa shape index (κ2) is 14.6. The number of H-pyrrole nitrogens is 1. The fraction of sp³-hybridized carbons (Fsp3) is 0.222. The Hall–Kier alpha value is -5.83. The normalized spacial score (nSPS) is 13.5. The van der Waals surface area contributed by atoms with E-state index in [1.165, 1.54) is 59.3 Å². The third-order valence-corrected chi connectivity index (χ3v) is 9.70. The number of nitrogens with zero attached hydrogens (tertiary/aromatic N) is 5. The van der Waals surface area contributed by atoms with Crippen molar-refractivity contribution in [1.82, 2.24) is 25.6 Å². The minimum atomic E-state index is -4.93. The lowest BCUT2D eigenvalue weighted by molar-refractivity contribution is -0.274. The van der Waals surface area contributed by atoms with Crippen molar-refractivity contribution < 1.29 is 27.5 Å². The highest BCUT2D eigenvalue weighted by Crippen LogP contribution is 2.40. The largest absolute Gasteiger partial charge is 0.573 e. The van der Waals surface area contributed by atoms with Gasteiger partial charge < -0.3 is 10.1 Å². The van der Waals surface area contributed by atoms with Crippen molar-refractivity contribution in [3.05, 3.63) is 108 Å². The van der Waals surface area contributed by atoms with Gasteiger partial charge in [-0.3, -0.25) is 15.0 Å². The van der Waals surface area contributed by atoms with Crippen LogP contribution in [0.3, 0.4) is 0 Å². The molecular formula is C36H31F3N8O3S. The third-order valence-electron chi connectivity index (χ3n) is 8.63. The van der Waals surface area contributed by atoms with Gasteiger partial charge in [-0.15, -0.1) is 29.6 Å². The number of hydrogen-bond acceptors (Lipinski definition) is 8. The molecule has 0 radical (unpaired) electrons. The predicted molar refractivity (Wildman–Crippen MR) is 188 cm³/mol. The number of anilines is 3. The number of tetrazole rings is 1. The van der Waals surface area contributed by atoms with Crippen LogP contribution in [0.25, 0.3) is 20.8 Å². The lowest BCUT2D eigenvalue weighted by Crippen LogP contribution is -2.34. The number of aromatic amines is 1. The van der Waals surface area contributed by atoms with Crippen LogP contribution < -0.4 is 20.3 Å². The van der Waals surface area contributed by atoms with Gasteiger partial charge in [0.1, 0.15) is 10.8 Å². The Labute approximate surface area is 293 Å². The first-order valence-corrected chi connectivity index (χ1v) is 17.1. The van der Waals surface area contributed by atoms with Crippen molar-refractivity contribution in [2.24, 2.45) is 0 Å². The molecule has 260 valence electrons. The van der Waals surface area contributed by atoms with Crippen molar-refractivity contribution >= 4 is 50.8 Å². The van der Waals surface area contributed by atoms with Crippen molar-refractivity contribution in [3.8, 4) is 16.3 Å². The van der Waals surface area contributed by atoms with Crippen molar-refractivity contribution in [1.29, 1.82) is 0 Å². The van der Waals surface area contributed by atoms with E-state index in [1.54, 1.807) is 36.4 Å². The molecule has 51 heavy (non-hydrogen) atoms. The molecule has 1 fully saturated rings. The van der Waals surface area contributed by atoms with Gasteiger partial charge in [0.15, 0.2) is 0 Å². The van der Waals surface area contributed by atoms with E-state index in [2.05, 4.69) is 41.0 Å². The van der Waals surface area contributed by atoms with Gasteiger partial charge in [-0.1, -0.05) is 60.8 Å². The number of thiazole rings is 1. The van der Waals surface area contributed by atoms with E-state index in [-0.39, 0.29) is 23.7 Å². The highest BCUT2D eigenvalue weighted by atomic mass is 32.1. The molecule has 2 aromatic heterocycles. The van der Waals surface area contributed by atoms with E-state index in [4.69, 9.17) is 0 Å². The molecule has 2 heterocycles. The van der Waals surface area contributed by atoms with Crippen LogP contribution in [0.5, 0.6) is 5.75 Å². The second-order valence-electron chi connectivity index (χ2n) is 12.1. The highest BCUT2D eigenvalue weighted by molar-refractivity contribution is 7.21. The van der Waals surface area contributed by atoms with Crippen LogP contribution in [0, 0.1) is 0 Å². The van der Waals surface area contributed by atoms with Gasteiger partial charge in [-0.05, 0) is 89.7 Å². The topological polar surface area (TPSA) is 138 Å². The van der Waals surface area contributed by atoms with Crippen LogP contribution in [0.4, 0.5) is 35.3 Å². The molecule has 1 aliphatic rings. The van der Waals surface area contributed by atoms with Crippen LogP contribution in [0.2, 0.25) is 0 Å². The first kappa shape index (κ1) is 33.7. The number of para-hydroxylation sites is 1. The van der Waals surface area contributed by atoms with E-state index >= 15 is 0 Å². The number of carbonyl (C=O) groups excluding carboxylic acids is 2. The minimum absolute atomic E-state index is 0.0351. The zero-order valence-corrected chi connectivity index (χ0v) is 27.8. The molecule has 6 aromatic rings. The van der Waals surface area contributed by atoms with E-state index < -0.39 is 24.1 Å². The standard InChI is InChI=1S/C36H31F3N8O3S/c37-36(38,39)50-30-19-16-26(20-28(30)33-41-29-8-4-5-9-31(29)51-33)40-35(49)47(27-17-14-24(15-18-27)23-6-2-1-3-7-23)21-22-10-12-25(13-11-22)32(48)42-34-43-45-46-44-34/h4-5,8-20,23H,1-3,6-7,21H2,(H,40,49)(H2,42,43,44,45,46,48). The predicted octanol–water partition coefficient (Wildman–Crippen LogP) is 8.91. The summed E-state index contributed by atoms with van der Waals surface area (Å²) in [5.74, 6) is -0.358. The van der Waals surface area contributed by atoms with Gasteiger partial charge in [0.05, 0.1) is 22.3 Å². The molecule has 3 amide bonds. The summed E-state index contributed by atoms with van der Waals surface area (Å²) in [5, 5.41) is 18.9. The highest BCUT2D eigenvalue weighted by Gasteiger charge is 2.33. The quantitative estimate of drug-likeness (QED) is 0.136. The molecule has 1 saturated carbocycles. The zero-order chi connectivity index (χ0) is 35.4. The Bertz CT molecular complexity index is 2100. The molecule has 1 aliphatic carbocycles. The molecule has 15 heteroatoms. The number of urea groups is 1. The fourth-order valence-electron chi connectivity index (χ4n) is 6.14. The number of benzene rings is 4. The molecule has 0 spiro atoms. The van der Waals surface area contributed by atoms with E-state index in [1.807, 2.05) is 36.4 Å². The number of aromatic nitrogens is 5. The van der Waals surface area contributed by atoms with Crippen LogP contribution >= 0.6 is 11.3 Å². The van der Waals surface area contributed by atoms with Crippen LogP contribution in [0.1, 0.15) is 59.5 Å². The molecule has 0 bridgehead atoms. The Balaban J connectivity index is 1.17. The molecule has 7 rings (SSSR count). The number of rotatable bonds is 9. The van der Waals surface area contributed by atoms with Gasteiger partial charge in [0, 0.05) is 16.9 Å². The van der Waals surface area contributed by atoms with Crippen molar-refractivity contribution in [2.45, 2.75) is 50.9 Å². The molecule has 0 saturated heterocycles.